The van der Waals surface area contributed by atoms with E-state index in [-0.39, 0.29) is 17.2 Å². The standard InChI is InChI=1S/C24H20FN3O5/c1-15-3-6-17(7-4-15)24(31)33-20-12-5-16(13-21(20)32-2)14-26-28-23(30)22(29)27-19-10-8-18(25)9-11-19/h3-14H,1-2H3,(H,27,29)(H,28,30). The van der Waals surface area contributed by atoms with Gasteiger partial charge in [-0.05, 0) is 67.1 Å². The summed E-state index contributed by atoms with van der Waals surface area (Å²) in [7, 11) is 1.42. The van der Waals surface area contributed by atoms with Crippen LogP contribution in [0.3, 0.4) is 0 Å². The zero-order valence-corrected chi connectivity index (χ0v) is 17.8. The van der Waals surface area contributed by atoms with Crippen LogP contribution in [0.5, 0.6) is 11.5 Å². The van der Waals surface area contributed by atoms with Crippen molar-refractivity contribution in [3.8, 4) is 11.5 Å². The van der Waals surface area contributed by atoms with Crippen LogP contribution in [-0.2, 0) is 9.59 Å². The molecule has 0 fully saturated rings. The number of amides is 2. The summed E-state index contributed by atoms with van der Waals surface area (Å²) in [5.74, 6) is -2.48. The third kappa shape index (κ3) is 6.47. The van der Waals surface area contributed by atoms with Crippen LogP contribution >= 0.6 is 0 Å². The van der Waals surface area contributed by atoms with Gasteiger partial charge in [-0.2, -0.15) is 5.10 Å². The molecule has 0 spiro atoms. The molecular formula is C24H20FN3O5. The molecule has 0 saturated carbocycles. The number of rotatable bonds is 6. The predicted molar refractivity (Wildman–Crippen MR) is 120 cm³/mol. The molecule has 0 atom stereocenters. The van der Waals surface area contributed by atoms with Crippen LogP contribution < -0.4 is 20.2 Å². The second-order valence-electron chi connectivity index (χ2n) is 6.83. The van der Waals surface area contributed by atoms with Crippen molar-refractivity contribution < 1.29 is 28.2 Å². The summed E-state index contributed by atoms with van der Waals surface area (Å²) in [6.45, 7) is 1.92. The second kappa shape index (κ2) is 10.7. The van der Waals surface area contributed by atoms with Crippen molar-refractivity contribution in [1.29, 1.82) is 0 Å². The molecule has 0 heterocycles. The number of nitrogens with one attached hydrogen (secondary N) is 2. The van der Waals surface area contributed by atoms with Gasteiger partial charge in [-0.25, -0.2) is 14.6 Å². The van der Waals surface area contributed by atoms with Crippen molar-refractivity contribution >= 4 is 29.7 Å². The molecule has 0 unspecified atom stereocenters. The number of esters is 1. The molecule has 2 amide bonds. The topological polar surface area (TPSA) is 106 Å². The molecule has 33 heavy (non-hydrogen) atoms. The minimum Gasteiger partial charge on any atom is -0.493 e. The number of carbonyl (C=O) groups is 3. The summed E-state index contributed by atoms with van der Waals surface area (Å²) in [4.78, 5) is 36.1. The number of ether oxygens (including phenoxy) is 2. The number of nitrogens with zero attached hydrogens (tertiary/aromatic N) is 1. The highest BCUT2D eigenvalue weighted by molar-refractivity contribution is 6.39. The lowest BCUT2D eigenvalue weighted by Crippen LogP contribution is -2.32. The molecule has 0 saturated heterocycles. The van der Waals surface area contributed by atoms with Gasteiger partial charge in [0.1, 0.15) is 5.82 Å². The number of aryl methyl sites for hydroxylation is 1. The van der Waals surface area contributed by atoms with Crippen LogP contribution in [0, 0.1) is 12.7 Å². The lowest BCUT2D eigenvalue weighted by molar-refractivity contribution is -0.136. The van der Waals surface area contributed by atoms with E-state index >= 15 is 0 Å². The molecule has 9 heteroatoms. The molecule has 0 aliphatic heterocycles. The van der Waals surface area contributed by atoms with Crippen LogP contribution in [0.2, 0.25) is 0 Å². The smallest absolute Gasteiger partial charge is 0.343 e. The molecule has 8 nitrogen and oxygen atoms in total. The Hall–Kier alpha value is -4.53. The number of benzene rings is 3. The van der Waals surface area contributed by atoms with Crippen molar-refractivity contribution in [1.82, 2.24) is 5.43 Å². The Bertz CT molecular complexity index is 1190. The molecule has 0 radical (unpaired) electrons. The molecule has 3 rings (SSSR count). The van der Waals surface area contributed by atoms with Crippen molar-refractivity contribution in [3.05, 3.63) is 89.2 Å². The zero-order chi connectivity index (χ0) is 23.8. The number of anilines is 1. The van der Waals surface area contributed by atoms with E-state index in [4.69, 9.17) is 9.47 Å². The van der Waals surface area contributed by atoms with Gasteiger partial charge < -0.3 is 14.8 Å². The fourth-order valence-electron chi connectivity index (χ4n) is 2.63. The molecule has 168 valence electrons. The van der Waals surface area contributed by atoms with E-state index in [1.54, 1.807) is 24.3 Å². The molecule has 3 aromatic rings. The Morgan fingerprint density at radius 2 is 1.61 bits per heavy atom. The first-order valence-corrected chi connectivity index (χ1v) is 9.72. The molecule has 2 N–H and O–H groups in total. The molecule has 0 bridgehead atoms. The van der Waals surface area contributed by atoms with E-state index < -0.39 is 23.6 Å². The van der Waals surface area contributed by atoms with E-state index in [1.165, 1.54) is 31.5 Å². The highest BCUT2D eigenvalue weighted by atomic mass is 19.1. The third-order valence-corrected chi connectivity index (χ3v) is 4.37. The van der Waals surface area contributed by atoms with Crippen LogP contribution in [0.4, 0.5) is 10.1 Å². The van der Waals surface area contributed by atoms with Gasteiger partial charge in [0.15, 0.2) is 11.5 Å². The third-order valence-electron chi connectivity index (χ3n) is 4.37. The maximum atomic E-state index is 12.9. The summed E-state index contributed by atoms with van der Waals surface area (Å²) in [6.07, 6.45) is 1.29. The van der Waals surface area contributed by atoms with Gasteiger partial charge in [0.05, 0.1) is 18.9 Å². The minimum absolute atomic E-state index is 0.211. The largest absolute Gasteiger partial charge is 0.493 e. The van der Waals surface area contributed by atoms with Crippen molar-refractivity contribution in [3.63, 3.8) is 0 Å². The number of hydrogen-bond acceptors (Lipinski definition) is 6. The van der Waals surface area contributed by atoms with E-state index in [0.29, 0.717) is 11.1 Å². The van der Waals surface area contributed by atoms with Gasteiger partial charge in [0.25, 0.3) is 0 Å². The summed E-state index contributed by atoms with van der Waals surface area (Å²) in [5, 5.41) is 6.05. The van der Waals surface area contributed by atoms with Gasteiger partial charge in [-0.3, -0.25) is 9.59 Å². The lowest BCUT2D eigenvalue weighted by atomic mass is 10.1. The predicted octanol–water partition coefficient (Wildman–Crippen LogP) is 3.45. The number of methoxy groups -OCH3 is 1. The first-order valence-electron chi connectivity index (χ1n) is 9.72. The highest BCUT2D eigenvalue weighted by Gasteiger charge is 2.14. The lowest BCUT2D eigenvalue weighted by Gasteiger charge is -2.10. The van der Waals surface area contributed by atoms with Crippen LogP contribution in [-0.4, -0.2) is 31.1 Å². The number of halogens is 1. The first kappa shape index (κ1) is 23.1. The van der Waals surface area contributed by atoms with Crippen molar-refractivity contribution in [2.45, 2.75) is 6.92 Å². The number of hydrazone groups is 1. The van der Waals surface area contributed by atoms with Crippen LogP contribution in [0.1, 0.15) is 21.5 Å². The Morgan fingerprint density at radius 1 is 0.909 bits per heavy atom. The molecule has 0 aromatic heterocycles. The van der Waals surface area contributed by atoms with Gasteiger partial charge >= 0.3 is 17.8 Å². The van der Waals surface area contributed by atoms with E-state index in [0.717, 1.165) is 17.7 Å². The van der Waals surface area contributed by atoms with E-state index in [1.807, 2.05) is 19.1 Å². The molecule has 3 aromatic carbocycles. The second-order valence-corrected chi connectivity index (χ2v) is 6.83. The normalized spacial score (nSPS) is 10.5. The van der Waals surface area contributed by atoms with Gasteiger partial charge in [0, 0.05) is 5.69 Å². The average molecular weight is 449 g/mol. The quantitative estimate of drug-likeness (QED) is 0.197. The summed E-state index contributed by atoms with van der Waals surface area (Å²) >= 11 is 0. The Balaban J connectivity index is 1.59. The van der Waals surface area contributed by atoms with E-state index in [9.17, 15) is 18.8 Å². The molecular weight excluding hydrogens is 429 g/mol. The van der Waals surface area contributed by atoms with Crippen LogP contribution in [0.15, 0.2) is 71.8 Å². The summed E-state index contributed by atoms with van der Waals surface area (Å²) in [5.41, 5.74) is 4.29. The average Bonchev–Trinajstić information content (AvgIpc) is 2.81. The Kier molecular flexibility index (Phi) is 7.48. The Morgan fingerprint density at radius 3 is 2.27 bits per heavy atom. The fourth-order valence-corrected chi connectivity index (χ4v) is 2.63. The van der Waals surface area contributed by atoms with Gasteiger partial charge in [0.2, 0.25) is 0 Å². The monoisotopic (exact) mass is 449 g/mol. The van der Waals surface area contributed by atoms with Crippen LogP contribution in [0.25, 0.3) is 0 Å². The first-order chi connectivity index (χ1) is 15.9. The summed E-state index contributed by atoms with van der Waals surface area (Å²) < 4.78 is 23.6. The molecule has 0 aliphatic carbocycles. The Labute approximate surface area is 189 Å². The summed E-state index contributed by atoms with van der Waals surface area (Å²) in [6, 6.07) is 16.6. The fraction of sp³-hybridized carbons (Fsp3) is 0.0833. The minimum atomic E-state index is -1.01. The van der Waals surface area contributed by atoms with Gasteiger partial charge in [-0.15, -0.1) is 0 Å². The van der Waals surface area contributed by atoms with Crippen molar-refractivity contribution in [2.75, 3.05) is 12.4 Å². The number of carbonyl (C=O) groups excluding carboxylic acids is 3. The maximum Gasteiger partial charge on any atom is 0.343 e. The zero-order valence-electron chi connectivity index (χ0n) is 17.8. The maximum absolute atomic E-state index is 12.9. The SMILES string of the molecule is COc1cc(C=NNC(=O)C(=O)Nc2ccc(F)cc2)ccc1OC(=O)c1ccc(C)cc1. The number of hydrogen-bond donors (Lipinski definition) is 2. The van der Waals surface area contributed by atoms with E-state index in [2.05, 4.69) is 15.8 Å². The highest BCUT2D eigenvalue weighted by Crippen LogP contribution is 2.28. The van der Waals surface area contributed by atoms with Crippen molar-refractivity contribution in [2.24, 2.45) is 5.10 Å². The molecule has 0 aliphatic rings. The van der Waals surface area contributed by atoms with Gasteiger partial charge in [-0.1, -0.05) is 17.7 Å².